The van der Waals surface area contributed by atoms with E-state index in [1.165, 1.54) is 0 Å². The Morgan fingerprint density at radius 3 is 2.58 bits per heavy atom. The van der Waals surface area contributed by atoms with E-state index in [1.54, 1.807) is 36.3 Å². The van der Waals surface area contributed by atoms with Gasteiger partial charge in [-0.3, -0.25) is 9.69 Å². The van der Waals surface area contributed by atoms with Gasteiger partial charge < -0.3 is 20.3 Å². The minimum atomic E-state index is -0.199. The Morgan fingerprint density at radius 1 is 1.32 bits per heavy atom. The fourth-order valence-electron chi connectivity index (χ4n) is 1.66. The van der Waals surface area contributed by atoms with Gasteiger partial charge in [0.05, 0.1) is 26.9 Å². The summed E-state index contributed by atoms with van der Waals surface area (Å²) in [4.78, 5) is 13.5. The number of aliphatic hydroxyl groups is 2. The van der Waals surface area contributed by atoms with E-state index in [0.717, 1.165) is 0 Å². The van der Waals surface area contributed by atoms with Crippen LogP contribution in [0.2, 0.25) is 0 Å². The number of methoxy groups -OCH3 is 1. The zero-order chi connectivity index (χ0) is 14.1. The van der Waals surface area contributed by atoms with Crippen LogP contribution in [0, 0.1) is 0 Å². The van der Waals surface area contributed by atoms with E-state index in [4.69, 9.17) is 14.9 Å². The maximum Gasteiger partial charge on any atom is 0.238 e. The van der Waals surface area contributed by atoms with Gasteiger partial charge in [-0.1, -0.05) is 6.07 Å². The van der Waals surface area contributed by atoms with Gasteiger partial charge in [0.1, 0.15) is 5.75 Å². The summed E-state index contributed by atoms with van der Waals surface area (Å²) in [5, 5.41) is 20.5. The van der Waals surface area contributed by atoms with E-state index in [9.17, 15) is 4.79 Å². The van der Waals surface area contributed by atoms with Crippen LogP contribution in [0.25, 0.3) is 0 Å². The van der Waals surface area contributed by atoms with Gasteiger partial charge in [0, 0.05) is 24.8 Å². The first kappa shape index (κ1) is 15.4. The van der Waals surface area contributed by atoms with Crippen molar-refractivity contribution in [3.8, 4) is 5.75 Å². The van der Waals surface area contributed by atoms with E-state index in [1.807, 2.05) is 0 Å². The number of hydrogen-bond acceptors (Lipinski definition) is 5. The van der Waals surface area contributed by atoms with Crippen molar-refractivity contribution in [2.45, 2.75) is 0 Å². The summed E-state index contributed by atoms with van der Waals surface area (Å²) >= 11 is 0. The van der Waals surface area contributed by atoms with E-state index in [-0.39, 0.29) is 25.7 Å². The van der Waals surface area contributed by atoms with Crippen LogP contribution in [-0.4, -0.2) is 61.0 Å². The SMILES string of the molecule is COc1cccc(NC(=O)CN(CCO)CCO)c1. The molecule has 1 rings (SSSR count). The Bertz CT molecular complexity index is 392. The van der Waals surface area contributed by atoms with Crippen molar-refractivity contribution in [3.63, 3.8) is 0 Å². The monoisotopic (exact) mass is 268 g/mol. The largest absolute Gasteiger partial charge is 0.497 e. The van der Waals surface area contributed by atoms with Crippen LogP contribution in [0.4, 0.5) is 5.69 Å². The summed E-state index contributed by atoms with van der Waals surface area (Å²) in [6, 6.07) is 7.07. The molecule has 0 bridgehead atoms. The minimum absolute atomic E-state index is 0.0492. The van der Waals surface area contributed by atoms with Crippen molar-refractivity contribution < 1.29 is 19.7 Å². The minimum Gasteiger partial charge on any atom is -0.497 e. The number of aliphatic hydroxyl groups excluding tert-OH is 2. The highest BCUT2D eigenvalue weighted by molar-refractivity contribution is 5.92. The highest BCUT2D eigenvalue weighted by Crippen LogP contribution is 2.16. The van der Waals surface area contributed by atoms with E-state index in [2.05, 4.69) is 5.32 Å². The van der Waals surface area contributed by atoms with Crippen LogP contribution >= 0.6 is 0 Å². The molecule has 0 fully saturated rings. The lowest BCUT2D eigenvalue weighted by atomic mass is 10.3. The van der Waals surface area contributed by atoms with Gasteiger partial charge >= 0.3 is 0 Å². The van der Waals surface area contributed by atoms with Gasteiger partial charge in [0.25, 0.3) is 0 Å². The van der Waals surface area contributed by atoms with Gasteiger partial charge in [-0.15, -0.1) is 0 Å². The molecule has 0 radical (unpaired) electrons. The Labute approximate surface area is 112 Å². The van der Waals surface area contributed by atoms with Crippen molar-refractivity contribution >= 4 is 11.6 Å². The maximum absolute atomic E-state index is 11.8. The molecule has 0 spiro atoms. The number of anilines is 1. The standard InChI is InChI=1S/C13H20N2O4/c1-19-12-4-2-3-11(9-12)14-13(18)10-15(5-7-16)6-8-17/h2-4,9,16-17H,5-8,10H2,1H3,(H,14,18). The number of carbonyl (C=O) groups is 1. The third-order valence-electron chi connectivity index (χ3n) is 2.55. The molecule has 19 heavy (non-hydrogen) atoms. The molecule has 106 valence electrons. The van der Waals surface area contributed by atoms with Crippen LogP contribution < -0.4 is 10.1 Å². The van der Waals surface area contributed by atoms with E-state index < -0.39 is 0 Å². The first-order valence-electron chi connectivity index (χ1n) is 6.07. The number of nitrogens with one attached hydrogen (secondary N) is 1. The van der Waals surface area contributed by atoms with Crippen LogP contribution in [0.15, 0.2) is 24.3 Å². The van der Waals surface area contributed by atoms with Crippen molar-refractivity contribution in [2.75, 3.05) is 45.3 Å². The number of ether oxygens (including phenoxy) is 1. The fourth-order valence-corrected chi connectivity index (χ4v) is 1.66. The summed E-state index contributed by atoms with van der Waals surface area (Å²) in [5.41, 5.74) is 0.650. The second-order valence-electron chi connectivity index (χ2n) is 4.00. The molecule has 0 unspecified atom stereocenters. The molecule has 6 heteroatoms. The molecule has 0 saturated heterocycles. The Balaban J connectivity index is 2.53. The first-order valence-corrected chi connectivity index (χ1v) is 6.07. The number of benzene rings is 1. The Hall–Kier alpha value is -1.63. The van der Waals surface area contributed by atoms with Crippen LogP contribution in [0.5, 0.6) is 5.75 Å². The lowest BCUT2D eigenvalue weighted by Gasteiger charge is -2.19. The third-order valence-corrected chi connectivity index (χ3v) is 2.55. The van der Waals surface area contributed by atoms with Crippen LogP contribution in [0.3, 0.4) is 0 Å². The van der Waals surface area contributed by atoms with Gasteiger partial charge in [-0.2, -0.15) is 0 Å². The molecule has 0 heterocycles. The van der Waals surface area contributed by atoms with Crippen LogP contribution in [0.1, 0.15) is 0 Å². The first-order chi connectivity index (χ1) is 9.19. The van der Waals surface area contributed by atoms with E-state index in [0.29, 0.717) is 24.5 Å². The molecule has 1 amide bonds. The number of amides is 1. The predicted octanol–water partition coefficient (Wildman–Crippen LogP) is -0.0797. The summed E-state index contributed by atoms with van der Waals surface area (Å²) in [6.45, 7) is 0.732. The molecule has 1 aromatic carbocycles. The van der Waals surface area contributed by atoms with Crippen molar-refractivity contribution in [1.82, 2.24) is 4.90 Å². The average Bonchev–Trinajstić information content (AvgIpc) is 2.39. The van der Waals surface area contributed by atoms with Gasteiger partial charge in [-0.25, -0.2) is 0 Å². The van der Waals surface area contributed by atoms with Crippen LogP contribution in [-0.2, 0) is 4.79 Å². The molecule has 0 aliphatic carbocycles. The highest BCUT2D eigenvalue weighted by Gasteiger charge is 2.10. The number of nitrogens with zero attached hydrogens (tertiary/aromatic N) is 1. The highest BCUT2D eigenvalue weighted by atomic mass is 16.5. The predicted molar refractivity (Wildman–Crippen MR) is 72.2 cm³/mol. The molecular formula is C13H20N2O4. The lowest BCUT2D eigenvalue weighted by molar-refractivity contribution is -0.117. The second-order valence-corrected chi connectivity index (χ2v) is 4.00. The smallest absolute Gasteiger partial charge is 0.238 e. The zero-order valence-electron chi connectivity index (χ0n) is 11.0. The van der Waals surface area contributed by atoms with E-state index >= 15 is 0 Å². The van der Waals surface area contributed by atoms with Gasteiger partial charge in [0.15, 0.2) is 0 Å². The summed E-state index contributed by atoms with van der Waals surface area (Å²) in [7, 11) is 1.56. The molecule has 3 N–H and O–H groups in total. The van der Waals surface area contributed by atoms with Gasteiger partial charge in [0.2, 0.25) is 5.91 Å². The third kappa shape index (κ3) is 5.69. The second kappa shape index (κ2) is 8.47. The molecule has 0 aromatic heterocycles. The topological polar surface area (TPSA) is 82.0 Å². The summed E-state index contributed by atoms with van der Waals surface area (Å²) in [6.07, 6.45) is 0. The fraction of sp³-hybridized carbons (Fsp3) is 0.462. The molecule has 1 aromatic rings. The van der Waals surface area contributed by atoms with Crippen molar-refractivity contribution in [1.29, 1.82) is 0 Å². The Kier molecular flexibility index (Phi) is 6.88. The molecular weight excluding hydrogens is 248 g/mol. The Morgan fingerprint density at radius 2 is 2.00 bits per heavy atom. The molecule has 6 nitrogen and oxygen atoms in total. The number of carbonyl (C=O) groups excluding carboxylic acids is 1. The van der Waals surface area contributed by atoms with Crippen molar-refractivity contribution in [2.24, 2.45) is 0 Å². The maximum atomic E-state index is 11.8. The quantitative estimate of drug-likeness (QED) is 0.614. The zero-order valence-corrected chi connectivity index (χ0v) is 11.0. The van der Waals surface area contributed by atoms with Gasteiger partial charge in [-0.05, 0) is 12.1 Å². The number of rotatable bonds is 8. The number of hydrogen-bond donors (Lipinski definition) is 3. The lowest BCUT2D eigenvalue weighted by Crippen LogP contribution is -2.37. The molecule has 0 atom stereocenters. The summed E-state index contributed by atoms with van der Waals surface area (Å²) < 4.78 is 5.07. The molecule has 0 aliphatic rings. The normalized spacial score (nSPS) is 10.5. The molecule has 0 saturated carbocycles. The van der Waals surface area contributed by atoms with Crippen molar-refractivity contribution in [3.05, 3.63) is 24.3 Å². The average molecular weight is 268 g/mol. The molecule has 0 aliphatic heterocycles. The summed E-state index contributed by atoms with van der Waals surface area (Å²) in [5.74, 6) is 0.468.